The average Bonchev–Trinajstić information content (AvgIpc) is 2.69. The molecule has 0 aliphatic rings. The molecule has 0 aliphatic carbocycles. The van der Waals surface area contributed by atoms with Gasteiger partial charge < -0.3 is 10.2 Å². The zero-order valence-electron chi connectivity index (χ0n) is 16.5. The second-order valence-electron chi connectivity index (χ2n) is 6.23. The Morgan fingerprint density at radius 2 is 1.30 bits per heavy atom. The number of rotatable bonds is 9. The van der Waals surface area contributed by atoms with Gasteiger partial charge in [0, 0.05) is 6.08 Å². The molecule has 0 bridgehead atoms. The number of carboxylic acids is 1. The molecule has 2 rings (SSSR count). The minimum atomic E-state index is -0.981. The van der Waals surface area contributed by atoms with Gasteiger partial charge in [0.1, 0.15) is 5.75 Å². The summed E-state index contributed by atoms with van der Waals surface area (Å²) < 4.78 is 0. The second-order valence-corrected chi connectivity index (χ2v) is 6.23. The van der Waals surface area contributed by atoms with E-state index in [9.17, 15) is 4.79 Å². The Labute approximate surface area is 164 Å². The van der Waals surface area contributed by atoms with Crippen LogP contribution in [0.25, 0.3) is 0 Å². The number of benzene rings is 2. The summed E-state index contributed by atoms with van der Waals surface area (Å²) >= 11 is 0. The van der Waals surface area contributed by atoms with Crippen LogP contribution in [0.3, 0.4) is 0 Å². The largest absolute Gasteiger partial charge is 0.508 e. The van der Waals surface area contributed by atoms with Crippen molar-refractivity contribution >= 4 is 5.97 Å². The lowest BCUT2D eigenvalue weighted by Gasteiger charge is -2.01. The standard InChI is InChI=1S/C15H24.C6H6O.C3H4O2/c1-2-3-4-5-6-7-9-12-15-13-10-8-11-14-15;7-6-4-2-1-3-5-6;1-2-3(4)5/h8,10-11,13-14H,2-7,9,12H2,1H3;1-5,7H;2H,1H2,(H,4,5). The summed E-state index contributed by atoms with van der Waals surface area (Å²) in [6.45, 7) is 5.23. The normalized spacial score (nSPS) is 9.22. The van der Waals surface area contributed by atoms with Crippen LogP contribution in [-0.2, 0) is 11.2 Å². The van der Waals surface area contributed by atoms with Crippen LogP contribution in [0.5, 0.6) is 5.75 Å². The Morgan fingerprint density at radius 3 is 1.70 bits per heavy atom. The maximum Gasteiger partial charge on any atom is 0.327 e. The molecule has 0 fully saturated rings. The molecule has 0 saturated heterocycles. The SMILES string of the molecule is C=CC(=O)O.CCCCCCCCCc1ccccc1.Oc1ccccc1. The van der Waals surface area contributed by atoms with Crippen molar-refractivity contribution in [2.75, 3.05) is 0 Å². The number of carbonyl (C=O) groups is 1. The lowest BCUT2D eigenvalue weighted by atomic mass is 10.0. The summed E-state index contributed by atoms with van der Waals surface area (Å²) in [6, 6.07) is 19.5. The van der Waals surface area contributed by atoms with Gasteiger partial charge in [0.25, 0.3) is 0 Å². The molecule has 2 aromatic rings. The highest BCUT2D eigenvalue weighted by Crippen LogP contribution is 2.10. The molecular weight excluding hydrogens is 336 g/mol. The number of unbranched alkanes of at least 4 members (excludes halogenated alkanes) is 6. The van der Waals surface area contributed by atoms with E-state index in [-0.39, 0.29) is 0 Å². The van der Waals surface area contributed by atoms with Crippen molar-refractivity contribution in [2.45, 2.75) is 58.3 Å². The molecule has 0 aromatic heterocycles. The second kappa shape index (κ2) is 18.2. The van der Waals surface area contributed by atoms with Gasteiger partial charge in [-0.3, -0.25) is 0 Å². The van der Waals surface area contributed by atoms with Gasteiger partial charge in [-0.1, -0.05) is 101 Å². The van der Waals surface area contributed by atoms with Gasteiger partial charge in [-0.25, -0.2) is 4.79 Å². The molecule has 0 spiro atoms. The smallest absolute Gasteiger partial charge is 0.327 e. The highest BCUT2D eigenvalue weighted by Gasteiger charge is 1.93. The molecule has 0 radical (unpaired) electrons. The zero-order valence-corrected chi connectivity index (χ0v) is 16.5. The third kappa shape index (κ3) is 18.0. The van der Waals surface area contributed by atoms with Gasteiger partial charge in [-0.05, 0) is 30.5 Å². The van der Waals surface area contributed by atoms with E-state index in [0.29, 0.717) is 5.75 Å². The van der Waals surface area contributed by atoms with Crippen LogP contribution >= 0.6 is 0 Å². The molecule has 148 valence electrons. The molecule has 0 atom stereocenters. The Bertz CT molecular complexity index is 579. The van der Waals surface area contributed by atoms with Crippen LogP contribution in [0.4, 0.5) is 0 Å². The first-order valence-electron chi connectivity index (χ1n) is 9.73. The molecular formula is C24H34O3. The Kier molecular flexibility index (Phi) is 16.5. The lowest BCUT2D eigenvalue weighted by molar-refractivity contribution is -0.131. The van der Waals surface area contributed by atoms with Crippen molar-refractivity contribution in [3.05, 3.63) is 78.9 Å². The number of carboxylic acid groups (broad SMARTS) is 1. The fourth-order valence-corrected chi connectivity index (χ4v) is 2.36. The minimum absolute atomic E-state index is 0.322. The zero-order chi connectivity index (χ0) is 20.2. The fourth-order valence-electron chi connectivity index (χ4n) is 2.36. The molecule has 0 aliphatic heterocycles. The average molecular weight is 371 g/mol. The predicted molar refractivity (Wildman–Crippen MR) is 114 cm³/mol. The number of aryl methyl sites for hydroxylation is 1. The first-order valence-corrected chi connectivity index (χ1v) is 9.73. The van der Waals surface area contributed by atoms with Crippen molar-refractivity contribution in [3.63, 3.8) is 0 Å². The van der Waals surface area contributed by atoms with E-state index in [1.54, 1.807) is 24.3 Å². The molecule has 0 heterocycles. The van der Waals surface area contributed by atoms with Crippen molar-refractivity contribution < 1.29 is 15.0 Å². The van der Waals surface area contributed by atoms with Gasteiger partial charge in [0.05, 0.1) is 0 Å². The number of aromatic hydroxyl groups is 1. The first kappa shape index (κ1) is 24.5. The summed E-state index contributed by atoms with van der Waals surface area (Å²) in [6.07, 6.45) is 11.9. The van der Waals surface area contributed by atoms with Crippen LogP contribution in [0.15, 0.2) is 73.3 Å². The van der Waals surface area contributed by atoms with E-state index in [2.05, 4.69) is 43.8 Å². The molecule has 2 N–H and O–H groups in total. The molecule has 0 unspecified atom stereocenters. The predicted octanol–water partition coefficient (Wildman–Crippen LogP) is 6.63. The first-order chi connectivity index (χ1) is 13.1. The van der Waals surface area contributed by atoms with Gasteiger partial charge in [0.2, 0.25) is 0 Å². The lowest BCUT2D eigenvalue weighted by Crippen LogP contribution is -1.85. The van der Waals surface area contributed by atoms with Crippen LogP contribution < -0.4 is 0 Å². The van der Waals surface area contributed by atoms with Gasteiger partial charge in [-0.15, -0.1) is 0 Å². The van der Waals surface area contributed by atoms with E-state index in [1.165, 1.54) is 56.9 Å². The third-order valence-electron chi connectivity index (χ3n) is 3.84. The van der Waals surface area contributed by atoms with Gasteiger partial charge >= 0.3 is 5.97 Å². The minimum Gasteiger partial charge on any atom is -0.508 e. The van der Waals surface area contributed by atoms with Crippen molar-refractivity contribution in [2.24, 2.45) is 0 Å². The van der Waals surface area contributed by atoms with Crippen LogP contribution in [0.2, 0.25) is 0 Å². The molecule has 0 amide bonds. The highest BCUT2D eigenvalue weighted by molar-refractivity contribution is 5.78. The summed E-state index contributed by atoms with van der Waals surface area (Å²) in [4.78, 5) is 9.25. The van der Waals surface area contributed by atoms with Crippen LogP contribution in [-0.4, -0.2) is 16.2 Å². The number of aliphatic carboxylic acids is 1. The Hall–Kier alpha value is -2.55. The summed E-state index contributed by atoms with van der Waals surface area (Å²) in [5.41, 5.74) is 1.49. The molecule has 3 heteroatoms. The Morgan fingerprint density at radius 1 is 0.852 bits per heavy atom. The summed E-state index contributed by atoms with van der Waals surface area (Å²) in [5.74, 6) is -0.660. The van der Waals surface area contributed by atoms with E-state index in [4.69, 9.17) is 10.2 Å². The van der Waals surface area contributed by atoms with E-state index >= 15 is 0 Å². The summed E-state index contributed by atoms with van der Waals surface area (Å²) in [7, 11) is 0. The third-order valence-corrected chi connectivity index (χ3v) is 3.84. The number of hydrogen-bond donors (Lipinski definition) is 2. The van der Waals surface area contributed by atoms with E-state index in [1.807, 2.05) is 6.07 Å². The van der Waals surface area contributed by atoms with Crippen LogP contribution in [0, 0.1) is 0 Å². The number of hydrogen-bond acceptors (Lipinski definition) is 2. The molecule has 0 saturated carbocycles. The number of phenolic OH excluding ortho intramolecular Hbond substituents is 1. The Balaban J connectivity index is 0.000000463. The van der Waals surface area contributed by atoms with Crippen molar-refractivity contribution in [1.82, 2.24) is 0 Å². The molecule has 27 heavy (non-hydrogen) atoms. The number of phenols is 1. The number of para-hydroxylation sites is 1. The molecule has 3 nitrogen and oxygen atoms in total. The topological polar surface area (TPSA) is 57.5 Å². The van der Waals surface area contributed by atoms with Crippen molar-refractivity contribution in [3.8, 4) is 5.75 Å². The van der Waals surface area contributed by atoms with Crippen LogP contribution in [0.1, 0.15) is 57.4 Å². The molecule has 2 aromatic carbocycles. The van der Waals surface area contributed by atoms with E-state index in [0.717, 1.165) is 6.08 Å². The van der Waals surface area contributed by atoms with E-state index < -0.39 is 5.97 Å². The van der Waals surface area contributed by atoms with Gasteiger partial charge in [0.15, 0.2) is 0 Å². The van der Waals surface area contributed by atoms with Crippen molar-refractivity contribution in [1.29, 1.82) is 0 Å². The quantitative estimate of drug-likeness (QED) is 0.385. The highest BCUT2D eigenvalue weighted by atomic mass is 16.4. The monoisotopic (exact) mass is 370 g/mol. The maximum atomic E-state index is 9.25. The fraction of sp³-hybridized carbons (Fsp3) is 0.375. The van der Waals surface area contributed by atoms with Gasteiger partial charge in [-0.2, -0.15) is 0 Å². The summed E-state index contributed by atoms with van der Waals surface area (Å²) in [5, 5.41) is 16.2. The maximum absolute atomic E-state index is 9.25.